The zero-order chi connectivity index (χ0) is 20.5. The van der Waals surface area contributed by atoms with E-state index in [1.54, 1.807) is 0 Å². The molecule has 0 aliphatic heterocycles. The van der Waals surface area contributed by atoms with Crippen LogP contribution in [0.2, 0.25) is 0 Å². The molecule has 0 saturated heterocycles. The maximum Gasteiger partial charge on any atom is 0.303 e. The molecule has 4 N–H and O–H groups in total. The van der Waals surface area contributed by atoms with Crippen molar-refractivity contribution in [1.29, 1.82) is 0 Å². The van der Waals surface area contributed by atoms with Crippen molar-refractivity contribution in [2.75, 3.05) is 0 Å². The van der Waals surface area contributed by atoms with Gasteiger partial charge in [0.1, 0.15) is 0 Å². The molecule has 0 heterocycles. The van der Waals surface area contributed by atoms with Crippen LogP contribution in [0.3, 0.4) is 0 Å². The van der Waals surface area contributed by atoms with Crippen LogP contribution in [0.25, 0.3) is 0 Å². The predicted octanol–water partition coefficient (Wildman–Crippen LogP) is 4.03. The lowest BCUT2D eigenvalue weighted by atomic mass is 9.77. The fourth-order valence-electron chi connectivity index (χ4n) is 3.74. The van der Waals surface area contributed by atoms with Gasteiger partial charge in [0.05, 0.1) is 6.10 Å². The first kappa shape index (κ1) is 23.9. The largest absolute Gasteiger partial charge is 0.481 e. The molecule has 1 rings (SSSR count). The third kappa shape index (κ3) is 7.76. The quantitative estimate of drug-likeness (QED) is 0.302. The van der Waals surface area contributed by atoms with Crippen molar-refractivity contribution >= 4 is 5.97 Å². The number of allylic oxidation sites excluding steroid dienone is 3. The first-order valence-electron chi connectivity index (χ1n) is 10.3. The highest BCUT2D eigenvalue weighted by atomic mass is 16.5. The second-order valence-electron chi connectivity index (χ2n) is 8.53. The molecule has 0 aromatic heterocycles. The first-order valence-corrected chi connectivity index (χ1v) is 10.3. The highest BCUT2D eigenvalue weighted by molar-refractivity contribution is 5.66. The van der Waals surface area contributed by atoms with E-state index in [9.17, 15) is 20.1 Å². The normalized spacial score (nSPS) is 24.3. The molecule has 1 aliphatic rings. The third-order valence-corrected chi connectivity index (χ3v) is 5.93. The third-order valence-electron chi connectivity index (χ3n) is 5.93. The van der Waals surface area contributed by atoms with Gasteiger partial charge < -0.3 is 20.4 Å². The van der Waals surface area contributed by atoms with Crippen LogP contribution in [-0.4, -0.2) is 38.3 Å². The summed E-state index contributed by atoms with van der Waals surface area (Å²) < 4.78 is 0. The molecule has 5 heteroatoms. The molecule has 0 bridgehead atoms. The highest BCUT2D eigenvalue weighted by Gasteiger charge is 2.40. The Morgan fingerprint density at radius 1 is 1.15 bits per heavy atom. The van der Waals surface area contributed by atoms with Crippen LogP contribution in [0.1, 0.15) is 78.6 Å². The van der Waals surface area contributed by atoms with E-state index in [1.807, 2.05) is 32.1 Å². The molecule has 5 nitrogen and oxygen atoms in total. The number of carboxylic acids is 1. The van der Waals surface area contributed by atoms with E-state index in [2.05, 4.69) is 6.92 Å². The zero-order valence-corrected chi connectivity index (χ0v) is 17.1. The van der Waals surface area contributed by atoms with Crippen molar-refractivity contribution in [3.63, 3.8) is 0 Å². The lowest BCUT2D eigenvalue weighted by Crippen LogP contribution is -2.43. The Labute approximate surface area is 163 Å². The monoisotopic (exact) mass is 382 g/mol. The standard InChI is InChI=1S/C22H38O5/c1-4-5-15-21(2,3)22(26,27)16-14-17-12-13-19(23)18(17)10-8-6-7-9-11-20(24)25/h6-7,14,16-19,23,26-27H,4-5,8-13,15H2,1-3H3,(H,24,25). The van der Waals surface area contributed by atoms with Crippen molar-refractivity contribution in [2.45, 2.75) is 90.4 Å². The number of aliphatic carboxylic acids is 1. The molecular formula is C22H38O5. The van der Waals surface area contributed by atoms with E-state index in [0.29, 0.717) is 6.42 Å². The number of unbranched alkanes of at least 4 members (excludes halogenated alkanes) is 1. The van der Waals surface area contributed by atoms with Gasteiger partial charge in [0.15, 0.2) is 5.79 Å². The zero-order valence-electron chi connectivity index (χ0n) is 17.1. The summed E-state index contributed by atoms with van der Waals surface area (Å²) in [7, 11) is 0. The molecule has 1 aliphatic carbocycles. The highest BCUT2D eigenvalue weighted by Crippen LogP contribution is 2.39. The van der Waals surface area contributed by atoms with Crippen LogP contribution in [0.4, 0.5) is 0 Å². The van der Waals surface area contributed by atoms with Crippen LogP contribution in [0.5, 0.6) is 0 Å². The number of aliphatic hydroxyl groups excluding tert-OH is 1. The Bertz CT molecular complexity index is 507. The van der Waals surface area contributed by atoms with Crippen molar-refractivity contribution in [2.24, 2.45) is 17.3 Å². The molecule has 1 fully saturated rings. The molecule has 3 unspecified atom stereocenters. The number of carbonyl (C=O) groups is 1. The second kappa shape index (κ2) is 11.0. The topological polar surface area (TPSA) is 98.0 Å². The van der Waals surface area contributed by atoms with E-state index in [0.717, 1.165) is 44.9 Å². The summed E-state index contributed by atoms with van der Waals surface area (Å²) in [5.74, 6) is -2.43. The lowest BCUT2D eigenvalue weighted by Gasteiger charge is -2.36. The number of hydrogen-bond acceptors (Lipinski definition) is 4. The molecule has 0 radical (unpaired) electrons. The maximum atomic E-state index is 10.5. The van der Waals surface area contributed by atoms with E-state index in [-0.39, 0.29) is 24.4 Å². The van der Waals surface area contributed by atoms with Gasteiger partial charge >= 0.3 is 5.97 Å². The average Bonchev–Trinajstić information content (AvgIpc) is 2.94. The molecule has 156 valence electrons. The Morgan fingerprint density at radius 2 is 1.81 bits per heavy atom. The van der Waals surface area contributed by atoms with Gasteiger partial charge in [-0.1, -0.05) is 51.8 Å². The van der Waals surface area contributed by atoms with Crippen LogP contribution < -0.4 is 0 Å². The number of carboxylic acid groups (broad SMARTS) is 1. The van der Waals surface area contributed by atoms with E-state index >= 15 is 0 Å². The molecule has 0 amide bonds. The average molecular weight is 383 g/mol. The lowest BCUT2D eigenvalue weighted by molar-refractivity contribution is -0.197. The number of hydrogen-bond donors (Lipinski definition) is 4. The van der Waals surface area contributed by atoms with Gasteiger partial charge in [-0.3, -0.25) is 4.79 Å². The number of rotatable bonds is 12. The summed E-state index contributed by atoms with van der Waals surface area (Å²) in [4.78, 5) is 10.5. The minimum absolute atomic E-state index is 0.0972. The molecule has 0 aromatic carbocycles. The Morgan fingerprint density at radius 3 is 2.44 bits per heavy atom. The van der Waals surface area contributed by atoms with Crippen LogP contribution in [0, 0.1) is 17.3 Å². The minimum atomic E-state index is -1.86. The van der Waals surface area contributed by atoms with Gasteiger partial charge in [-0.15, -0.1) is 0 Å². The van der Waals surface area contributed by atoms with E-state index < -0.39 is 17.2 Å². The van der Waals surface area contributed by atoms with Gasteiger partial charge in [-0.25, -0.2) is 0 Å². The van der Waals surface area contributed by atoms with E-state index in [1.165, 1.54) is 6.08 Å². The van der Waals surface area contributed by atoms with Crippen molar-refractivity contribution in [3.8, 4) is 0 Å². The summed E-state index contributed by atoms with van der Waals surface area (Å²) >= 11 is 0. The van der Waals surface area contributed by atoms with Crippen molar-refractivity contribution < 1.29 is 25.2 Å². The summed E-state index contributed by atoms with van der Waals surface area (Å²) in [6.07, 6.45) is 13.4. The smallest absolute Gasteiger partial charge is 0.303 e. The maximum absolute atomic E-state index is 10.5. The summed E-state index contributed by atoms with van der Waals surface area (Å²) in [6, 6.07) is 0. The summed E-state index contributed by atoms with van der Waals surface area (Å²) in [5, 5.41) is 40.0. The molecular weight excluding hydrogens is 344 g/mol. The Hall–Kier alpha value is -1.17. The van der Waals surface area contributed by atoms with Crippen LogP contribution >= 0.6 is 0 Å². The minimum Gasteiger partial charge on any atom is -0.481 e. The van der Waals surface area contributed by atoms with Crippen LogP contribution in [0.15, 0.2) is 24.3 Å². The molecule has 0 aromatic rings. The number of aliphatic hydroxyl groups is 3. The fourth-order valence-corrected chi connectivity index (χ4v) is 3.74. The second-order valence-corrected chi connectivity index (χ2v) is 8.53. The van der Waals surface area contributed by atoms with E-state index in [4.69, 9.17) is 5.11 Å². The first-order chi connectivity index (χ1) is 12.6. The molecule has 27 heavy (non-hydrogen) atoms. The molecule has 3 atom stereocenters. The Balaban J connectivity index is 2.61. The predicted molar refractivity (Wildman–Crippen MR) is 107 cm³/mol. The van der Waals surface area contributed by atoms with Crippen LogP contribution in [-0.2, 0) is 4.79 Å². The van der Waals surface area contributed by atoms with Gasteiger partial charge in [0.2, 0.25) is 0 Å². The SMILES string of the molecule is CCCCC(C)(C)C(O)(O)C=CC1CCC(O)C1CCC=CCCC(=O)O. The molecule has 0 spiro atoms. The van der Waals surface area contributed by atoms with Gasteiger partial charge in [0, 0.05) is 11.8 Å². The van der Waals surface area contributed by atoms with Crippen molar-refractivity contribution in [1.82, 2.24) is 0 Å². The van der Waals surface area contributed by atoms with Crippen molar-refractivity contribution in [3.05, 3.63) is 24.3 Å². The van der Waals surface area contributed by atoms with Gasteiger partial charge in [-0.05, 0) is 56.4 Å². The summed E-state index contributed by atoms with van der Waals surface area (Å²) in [5.41, 5.74) is -0.626. The summed E-state index contributed by atoms with van der Waals surface area (Å²) in [6.45, 7) is 5.83. The fraction of sp³-hybridized carbons (Fsp3) is 0.773. The Kier molecular flexibility index (Phi) is 9.71. The van der Waals surface area contributed by atoms with Gasteiger partial charge in [-0.2, -0.15) is 0 Å². The molecule has 1 saturated carbocycles. The van der Waals surface area contributed by atoms with Gasteiger partial charge in [0.25, 0.3) is 0 Å².